The number of aromatic nitrogens is 4. The predicted molar refractivity (Wildman–Crippen MR) is 94.4 cm³/mol. The number of aryl methyl sites for hydroxylation is 2. The van der Waals surface area contributed by atoms with Gasteiger partial charge in [0, 0.05) is 12.7 Å². The van der Waals surface area contributed by atoms with Crippen LogP contribution in [0.3, 0.4) is 0 Å². The summed E-state index contributed by atoms with van der Waals surface area (Å²) in [6, 6.07) is 8.02. The maximum atomic E-state index is 12.3. The van der Waals surface area contributed by atoms with Gasteiger partial charge in [0.25, 0.3) is 5.56 Å². The fraction of sp³-hybridized carbons (Fsp3) is 0.353. The molecule has 0 saturated heterocycles. The van der Waals surface area contributed by atoms with Crippen molar-refractivity contribution in [3.8, 4) is 0 Å². The Morgan fingerprint density at radius 3 is 2.64 bits per heavy atom. The van der Waals surface area contributed by atoms with E-state index in [2.05, 4.69) is 16.9 Å². The first kappa shape index (κ1) is 15.6. The number of anilines is 2. The van der Waals surface area contributed by atoms with Gasteiger partial charge in [0.15, 0.2) is 11.2 Å². The number of imidazole rings is 1. The van der Waals surface area contributed by atoms with E-state index in [1.165, 1.54) is 10.1 Å². The normalized spacial score (nSPS) is 17.1. The van der Waals surface area contributed by atoms with E-state index in [0.717, 1.165) is 12.1 Å². The molecule has 2 aromatic heterocycles. The zero-order valence-corrected chi connectivity index (χ0v) is 14.1. The van der Waals surface area contributed by atoms with Gasteiger partial charge in [0.05, 0.1) is 19.2 Å². The lowest BCUT2D eigenvalue weighted by Crippen LogP contribution is -2.39. The summed E-state index contributed by atoms with van der Waals surface area (Å²) in [6.07, 6.45) is 0.297. The number of hydrogen-bond donors (Lipinski definition) is 2. The van der Waals surface area contributed by atoms with E-state index in [1.807, 2.05) is 29.2 Å². The lowest BCUT2D eigenvalue weighted by molar-refractivity contribution is 0.154. The van der Waals surface area contributed by atoms with Gasteiger partial charge >= 0.3 is 5.69 Å². The molecule has 1 atom stereocenters. The summed E-state index contributed by atoms with van der Waals surface area (Å²) in [6.45, 7) is 2.73. The molecule has 0 saturated carbocycles. The summed E-state index contributed by atoms with van der Waals surface area (Å²) in [7, 11) is 1.57. The number of nitrogens with one attached hydrogen (secondary N) is 1. The summed E-state index contributed by atoms with van der Waals surface area (Å²) in [4.78, 5) is 32.8. The molecule has 130 valence electrons. The number of rotatable bonds is 2. The predicted octanol–water partition coefficient (Wildman–Crippen LogP) is 0.498. The van der Waals surface area contributed by atoms with Crippen molar-refractivity contribution in [2.75, 3.05) is 11.4 Å². The smallest absolute Gasteiger partial charge is 0.329 e. The zero-order chi connectivity index (χ0) is 17.7. The average molecular weight is 341 g/mol. The van der Waals surface area contributed by atoms with Crippen molar-refractivity contribution < 1.29 is 5.11 Å². The largest absolute Gasteiger partial charge is 0.389 e. The highest BCUT2D eigenvalue weighted by Gasteiger charge is 2.29. The van der Waals surface area contributed by atoms with Crippen LogP contribution in [0.15, 0.2) is 33.9 Å². The summed E-state index contributed by atoms with van der Waals surface area (Å²) in [5.74, 6) is 0.552. The highest BCUT2D eigenvalue weighted by Crippen LogP contribution is 2.31. The summed E-state index contributed by atoms with van der Waals surface area (Å²) >= 11 is 0. The minimum absolute atomic E-state index is 0.261. The van der Waals surface area contributed by atoms with Gasteiger partial charge in [0.1, 0.15) is 0 Å². The number of H-pyrrole nitrogens is 1. The number of fused-ring (bicyclic) bond motifs is 3. The lowest BCUT2D eigenvalue weighted by atomic mass is 10.1. The van der Waals surface area contributed by atoms with E-state index in [4.69, 9.17) is 0 Å². The van der Waals surface area contributed by atoms with Crippen LogP contribution in [0.25, 0.3) is 11.2 Å². The minimum Gasteiger partial charge on any atom is -0.389 e. The third-order valence-corrected chi connectivity index (χ3v) is 4.67. The molecule has 2 N–H and O–H groups in total. The number of aliphatic hydroxyl groups is 1. The fourth-order valence-electron chi connectivity index (χ4n) is 3.30. The van der Waals surface area contributed by atoms with Crippen molar-refractivity contribution in [2.45, 2.75) is 26.0 Å². The van der Waals surface area contributed by atoms with E-state index < -0.39 is 17.4 Å². The van der Waals surface area contributed by atoms with E-state index in [0.29, 0.717) is 23.7 Å². The Morgan fingerprint density at radius 1 is 1.24 bits per heavy atom. The second kappa shape index (κ2) is 5.59. The topological polar surface area (TPSA) is 96.2 Å². The summed E-state index contributed by atoms with van der Waals surface area (Å²) in [5.41, 5.74) is 1.71. The molecule has 0 radical (unpaired) electrons. The second-order valence-corrected chi connectivity index (χ2v) is 6.30. The van der Waals surface area contributed by atoms with Crippen molar-refractivity contribution in [1.29, 1.82) is 0 Å². The van der Waals surface area contributed by atoms with Gasteiger partial charge < -0.3 is 14.6 Å². The Balaban J connectivity index is 1.95. The molecule has 1 aliphatic rings. The molecule has 0 bridgehead atoms. The van der Waals surface area contributed by atoms with Crippen molar-refractivity contribution in [2.24, 2.45) is 7.05 Å². The Hall–Kier alpha value is -2.87. The van der Waals surface area contributed by atoms with Crippen LogP contribution in [0, 0.1) is 0 Å². The quantitative estimate of drug-likeness (QED) is 0.707. The van der Waals surface area contributed by atoms with Crippen LogP contribution in [0.5, 0.6) is 0 Å². The van der Waals surface area contributed by atoms with E-state index in [9.17, 15) is 14.7 Å². The lowest BCUT2D eigenvalue weighted by Gasteiger charge is -2.32. The molecule has 0 amide bonds. The van der Waals surface area contributed by atoms with Crippen LogP contribution < -0.4 is 16.1 Å². The highest BCUT2D eigenvalue weighted by atomic mass is 16.3. The van der Waals surface area contributed by atoms with Gasteiger partial charge in [-0.25, -0.2) is 4.79 Å². The Kier molecular flexibility index (Phi) is 3.50. The van der Waals surface area contributed by atoms with Gasteiger partial charge in [-0.3, -0.25) is 14.3 Å². The van der Waals surface area contributed by atoms with Crippen LogP contribution in [0.1, 0.15) is 12.5 Å². The maximum Gasteiger partial charge on any atom is 0.329 e. The van der Waals surface area contributed by atoms with Crippen LogP contribution in [0.2, 0.25) is 0 Å². The molecule has 0 unspecified atom stereocenters. The fourth-order valence-corrected chi connectivity index (χ4v) is 3.30. The maximum absolute atomic E-state index is 12.3. The average Bonchev–Trinajstić information content (AvgIpc) is 2.99. The van der Waals surface area contributed by atoms with Gasteiger partial charge in [-0.1, -0.05) is 19.1 Å². The minimum atomic E-state index is -0.646. The summed E-state index contributed by atoms with van der Waals surface area (Å²) < 4.78 is 2.99. The van der Waals surface area contributed by atoms with Crippen LogP contribution in [-0.4, -0.2) is 36.9 Å². The Morgan fingerprint density at radius 2 is 1.96 bits per heavy atom. The zero-order valence-electron chi connectivity index (χ0n) is 14.1. The van der Waals surface area contributed by atoms with Gasteiger partial charge in [0.2, 0.25) is 5.95 Å². The second-order valence-electron chi connectivity index (χ2n) is 6.30. The Bertz CT molecular complexity index is 1060. The van der Waals surface area contributed by atoms with Crippen LogP contribution in [-0.2, 0) is 20.0 Å². The molecule has 8 heteroatoms. The highest BCUT2D eigenvalue weighted by molar-refractivity contribution is 5.77. The molecule has 0 spiro atoms. The van der Waals surface area contributed by atoms with Gasteiger partial charge in [-0.15, -0.1) is 0 Å². The number of aromatic amines is 1. The van der Waals surface area contributed by atoms with Crippen LogP contribution >= 0.6 is 0 Å². The molecule has 25 heavy (non-hydrogen) atoms. The molecule has 3 heterocycles. The molecule has 1 aliphatic heterocycles. The molecular formula is C17H19N5O3. The third kappa shape index (κ3) is 2.37. The molecule has 8 nitrogen and oxygen atoms in total. The number of benzene rings is 1. The molecule has 0 fully saturated rings. The van der Waals surface area contributed by atoms with E-state index >= 15 is 0 Å². The number of nitrogens with zero attached hydrogens (tertiary/aromatic N) is 4. The van der Waals surface area contributed by atoms with E-state index in [-0.39, 0.29) is 6.54 Å². The number of aliphatic hydroxyl groups excluding tert-OH is 1. The molecular weight excluding hydrogens is 322 g/mol. The van der Waals surface area contributed by atoms with Crippen LogP contribution in [0.4, 0.5) is 11.6 Å². The van der Waals surface area contributed by atoms with Crippen molar-refractivity contribution in [3.63, 3.8) is 0 Å². The van der Waals surface area contributed by atoms with Gasteiger partial charge in [-0.2, -0.15) is 4.98 Å². The molecule has 1 aromatic carbocycles. The number of hydrogen-bond acceptors (Lipinski definition) is 5. The molecule has 4 rings (SSSR count). The Labute approximate surface area is 143 Å². The first-order valence-electron chi connectivity index (χ1n) is 8.23. The first-order valence-corrected chi connectivity index (χ1v) is 8.23. The first-order chi connectivity index (χ1) is 12.0. The number of β-amino-alcohol motifs (C(OH)–C–C–N with tert-alkyl or cyclic N) is 1. The SMILES string of the molecule is CCc1ccc(N2C[C@@H](O)Cn3c2nc2c3c(=O)[nH]c(=O)n2C)cc1. The standard InChI is InChI=1S/C17H19N5O3/c1-3-10-4-6-11(7-5-10)21-8-12(23)9-22-13-14(18-16(21)22)20(2)17(25)19-15(13)24/h4-7,12,23H,3,8-9H2,1-2H3,(H,19,24,25)/t12-/m1/s1. The molecule has 0 aliphatic carbocycles. The monoisotopic (exact) mass is 341 g/mol. The van der Waals surface area contributed by atoms with Gasteiger partial charge in [-0.05, 0) is 24.1 Å². The van der Waals surface area contributed by atoms with Crippen molar-refractivity contribution >= 4 is 22.8 Å². The summed E-state index contributed by atoms with van der Waals surface area (Å²) in [5, 5.41) is 10.3. The van der Waals surface area contributed by atoms with Crippen molar-refractivity contribution in [1.82, 2.24) is 19.1 Å². The van der Waals surface area contributed by atoms with Crippen molar-refractivity contribution in [3.05, 3.63) is 50.7 Å². The van der Waals surface area contributed by atoms with E-state index in [1.54, 1.807) is 11.6 Å². The molecule has 3 aromatic rings. The third-order valence-electron chi connectivity index (χ3n) is 4.67.